The molecule has 0 saturated heterocycles. The Bertz CT molecular complexity index is 619. The lowest BCUT2D eigenvalue weighted by molar-refractivity contribution is -0.127. The van der Waals surface area contributed by atoms with E-state index in [0.29, 0.717) is 11.4 Å². The average Bonchev–Trinajstić information content (AvgIpc) is 2.75. The summed E-state index contributed by atoms with van der Waals surface area (Å²) < 4.78 is 38.2. The minimum atomic E-state index is -4.24. The van der Waals surface area contributed by atoms with Gasteiger partial charge in [-0.3, -0.25) is 4.68 Å². The summed E-state index contributed by atoms with van der Waals surface area (Å²) in [5.74, 6) is 0. The molecule has 0 fully saturated rings. The molecule has 0 radical (unpaired) electrons. The van der Waals surface area contributed by atoms with Gasteiger partial charge in [0.25, 0.3) is 0 Å². The number of aromatic nitrogens is 2. The van der Waals surface area contributed by atoms with Crippen molar-refractivity contribution in [3.63, 3.8) is 0 Å². The summed E-state index contributed by atoms with van der Waals surface area (Å²) in [6.45, 7) is 0. The molecule has 0 aliphatic rings. The van der Waals surface area contributed by atoms with Gasteiger partial charge in [0.05, 0.1) is 18.3 Å². The highest BCUT2D eigenvalue weighted by atomic mass is 19.4. The normalized spacial score (nSPS) is 11.2. The molecule has 0 aliphatic heterocycles. The Kier molecular flexibility index (Phi) is 4.15. The molecule has 0 atom stereocenters. The zero-order chi connectivity index (χ0) is 15.5. The van der Waals surface area contributed by atoms with Crippen molar-refractivity contribution in [1.29, 1.82) is 0 Å². The maximum atomic E-state index is 12.2. The Morgan fingerprint density at radius 3 is 2.33 bits per heavy atom. The van der Waals surface area contributed by atoms with Crippen molar-refractivity contribution in [1.82, 2.24) is 9.78 Å². The topological polar surface area (TPSA) is 59.0 Å². The summed E-state index contributed by atoms with van der Waals surface area (Å²) in [7, 11) is 1.71. The predicted molar refractivity (Wildman–Crippen MR) is 72.1 cm³/mol. The van der Waals surface area contributed by atoms with Gasteiger partial charge in [-0.15, -0.1) is 0 Å². The second kappa shape index (κ2) is 5.86. The molecule has 0 saturated carbocycles. The van der Waals surface area contributed by atoms with Gasteiger partial charge in [0.15, 0.2) is 0 Å². The number of nitrogens with one attached hydrogen (secondary N) is 2. The molecule has 112 valence electrons. The molecule has 0 unspecified atom stereocenters. The molecule has 5 nitrogen and oxygen atoms in total. The lowest BCUT2D eigenvalue weighted by atomic mass is 10.1. The van der Waals surface area contributed by atoms with Crippen LogP contribution >= 0.6 is 0 Å². The number of anilines is 2. The number of benzene rings is 1. The number of carbonyl (C=O) groups excluding carboxylic acids is 1. The van der Waals surface area contributed by atoms with E-state index in [9.17, 15) is 18.0 Å². The van der Waals surface area contributed by atoms with Crippen LogP contribution in [0.4, 0.5) is 29.3 Å². The molecule has 2 amide bonds. The van der Waals surface area contributed by atoms with Gasteiger partial charge in [-0.05, 0) is 17.7 Å². The molecule has 2 aromatic rings. The monoisotopic (exact) mass is 298 g/mol. The third-order valence-electron chi connectivity index (χ3n) is 2.58. The van der Waals surface area contributed by atoms with Crippen molar-refractivity contribution >= 4 is 17.4 Å². The predicted octanol–water partition coefficient (Wildman–Crippen LogP) is 3.17. The smallest absolute Gasteiger partial charge is 0.308 e. The Balaban J connectivity index is 1.92. The van der Waals surface area contributed by atoms with Gasteiger partial charge < -0.3 is 10.6 Å². The van der Waals surface area contributed by atoms with Crippen molar-refractivity contribution < 1.29 is 18.0 Å². The van der Waals surface area contributed by atoms with Gasteiger partial charge in [0.1, 0.15) is 0 Å². The van der Waals surface area contributed by atoms with Crippen LogP contribution in [0.25, 0.3) is 0 Å². The Morgan fingerprint density at radius 1 is 1.19 bits per heavy atom. The van der Waals surface area contributed by atoms with Gasteiger partial charge in [0.2, 0.25) is 0 Å². The van der Waals surface area contributed by atoms with E-state index >= 15 is 0 Å². The van der Waals surface area contributed by atoms with Crippen LogP contribution < -0.4 is 10.6 Å². The standard InChI is InChI=1S/C13H13F3N4O/c1-20-8-11(7-17-20)19-12(21)18-10-4-2-9(3-5-10)6-13(14,15)16/h2-5,7-8H,6H2,1H3,(H2,18,19,21). The molecule has 2 rings (SSSR count). The number of carbonyl (C=O) groups is 1. The molecule has 8 heteroatoms. The Hall–Kier alpha value is -2.51. The van der Waals surface area contributed by atoms with Crippen LogP contribution in [0.3, 0.4) is 0 Å². The summed E-state index contributed by atoms with van der Waals surface area (Å²) in [6, 6.07) is 5.00. The van der Waals surface area contributed by atoms with Crippen LogP contribution in [0, 0.1) is 0 Å². The zero-order valence-corrected chi connectivity index (χ0v) is 11.1. The Labute approximate surface area is 118 Å². The van der Waals surface area contributed by atoms with E-state index in [0.717, 1.165) is 0 Å². The molecule has 2 N–H and O–H groups in total. The number of nitrogens with zero attached hydrogens (tertiary/aromatic N) is 2. The first-order valence-electron chi connectivity index (χ1n) is 6.04. The molecule has 0 bridgehead atoms. The highest BCUT2D eigenvalue weighted by molar-refractivity contribution is 5.99. The van der Waals surface area contributed by atoms with E-state index in [1.807, 2.05) is 0 Å². The summed E-state index contributed by atoms with van der Waals surface area (Å²) in [6.07, 6.45) is -2.14. The number of alkyl halides is 3. The lowest BCUT2D eigenvalue weighted by Crippen LogP contribution is -2.19. The fourth-order valence-corrected chi connectivity index (χ4v) is 1.72. The maximum Gasteiger partial charge on any atom is 0.393 e. The van der Waals surface area contributed by atoms with Gasteiger partial charge >= 0.3 is 12.2 Å². The second-order valence-corrected chi connectivity index (χ2v) is 4.47. The largest absolute Gasteiger partial charge is 0.393 e. The maximum absolute atomic E-state index is 12.2. The summed E-state index contributed by atoms with van der Waals surface area (Å²) in [5.41, 5.74) is 1.06. The number of aryl methyl sites for hydroxylation is 1. The highest BCUT2D eigenvalue weighted by Crippen LogP contribution is 2.22. The average molecular weight is 298 g/mol. The number of halogens is 3. The van der Waals surface area contributed by atoms with E-state index in [1.54, 1.807) is 13.2 Å². The van der Waals surface area contributed by atoms with E-state index in [-0.39, 0.29) is 5.56 Å². The molecule has 1 aromatic heterocycles. The van der Waals surface area contributed by atoms with Gasteiger partial charge in [-0.1, -0.05) is 12.1 Å². The molecular weight excluding hydrogens is 285 g/mol. The quantitative estimate of drug-likeness (QED) is 0.914. The van der Waals surface area contributed by atoms with Crippen molar-refractivity contribution in [3.05, 3.63) is 42.2 Å². The van der Waals surface area contributed by atoms with Gasteiger partial charge in [-0.25, -0.2) is 4.79 Å². The van der Waals surface area contributed by atoms with Crippen LogP contribution in [-0.4, -0.2) is 22.0 Å². The first-order valence-corrected chi connectivity index (χ1v) is 6.04. The molecular formula is C13H13F3N4O. The summed E-state index contributed by atoms with van der Waals surface area (Å²) >= 11 is 0. The van der Waals surface area contributed by atoms with Crippen LogP contribution in [0.2, 0.25) is 0 Å². The first kappa shape index (κ1) is 14.9. The molecule has 0 aliphatic carbocycles. The van der Waals surface area contributed by atoms with E-state index in [2.05, 4.69) is 15.7 Å². The third-order valence-corrected chi connectivity index (χ3v) is 2.58. The second-order valence-electron chi connectivity index (χ2n) is 4.47. The zero-order valence-electron chi connectivity index (χ0n) is 11.1. The van der Waals surface area contributed by atoms with Gasteiger partial charge in [-0.2, -0.15) is 18.3 Å². The fraction of sp³-hybridized carbons (Fsp3) is 0.231. The fourth-order valence-electron chi connectivity index (χ4n) is 1.72. The van der Waals surface area contributed by atoms with Crippen LogP contribution in [-0.2, 0) is 13.5 Å². The summed E-state index contributed by atoms with van der Waals surface area (Å²) in [4.78, 5) is 11.7. The van der Waals surface area contributed by atoms with Gasteiger partial charge in [0, 0.05) is 18.9 Å². The Morgan fingerprint density at radius 2 is 1.81 bits per heavy atom. The minimum absolute atomic E-state index is 0.140. The highest BCUT2D eigenvalue weighted by Gasteiger charge is 2.27. The minimum Gasteiger partial charge on any atom is -0.308 e. The molecule has 0 spiro atoms. The third kappa shape index (κ3) is 4.83. The van der Waals surface area contributed by atoms with E-state index in [1.165, 1.54) is 35.1 Å². The van der Waals surface area contributed by atoms with Crippen molar-refractivity contribution in [2.75, 3.05) is 10.6 Å². The van der Waals surface area contributed by atoms with Crippen molar-refractivity contribution in [2.45, 2.75) is 12.6 Å². The SMILES string of the molecule is Cn1cc(NC(=O)Nc2ccc(CC(F)(F)F)cc2)cn1. The van der Waals surface area contributed by atoms with E-state index < -0.39 is 18.6 Å². The number of rotatable bonds is 3. The van der Waals surface area contributed by atoms with Crippen molar-refractivity contribution in [2.24, 2.45) is 7.05 Å². The lowest BCUT2D eigenvalue weighted by Gasteiger charge is -2.08. The molecule has 1 aromatic carbocycles. The molecule has 1 heterocycles. The number of hydrogen-bond acceptors (Lipinski definition) is 2. The van der Waals surface area contributed by atoms with E-state index in [4.69, 9.17) is 0 Å². The number of urea groups is 1. The van der Waals surface area contributed by atoms with Crippen LogP contribution in [0.1, 0.15) is 5.56 Å². The first-order chi connectivity index (χ1) is 9.82. The summed E-state index contributed by atoms with van der Waals surface area (Å²) in [5, 5.41) is 8.96. The van der Waals surface area contributed by atoms with Crippen molar-refractivity contribution in [3.8, 4) is 0 Å². The number of hydrogen-bond donors (Lipinski definition) is 2. The van der Waals surface area contributed by atoms with Crippen LogP contribution in [0.15, 0.2) is 36.7 Å². The van der Waals surface area contributed by atoms with Crippen LogP contribution in [0.5, 0.6) is 0 Å². The number of amides is 2. The molecule has 21 heavy (non-hydrogen) atoms.